The van der Waals surface area contributed by atoms with Crippen molar-refractivity contribution >= 4 is 59.6 Å². The first-order valence-corrected chi connectivity index (χ1v) is 23.2. The van der Waals surface area contributed by atoms with Gasteiger partial charge in [-0.1, -0.05) is 48.5 Å². The number of hydrogen-bond acceptors (Lipinski definition) is 20. The second-order valence-corrected chi connectivity index (χ2v) is 18.3. The van der Waals surface area contributed by atoms with E-state index < -0.39 is 152 Å². The largest absolute Gasteiger partial charge is 0.463 e. The number of hydrogen-bond donors (Lipinski definition) is 4. The Bertz CT molecular complexity index is 2360. The summed E-state index contributed by atoms with van der Waals surface area (Å²) in [4.78, 5) is 129. The fourth-order valence-electron chi connectivity index (χ4n) is 8.60. The van der Waals surface area contributed by atoms with Gasteiger partial charge in [0.2, 0.25) is 17.7 Å². The van der Waals surface area contributed by atoms with Crippen LogP contribution in [0.4, 0.5) is 4.79 Å². The van der Waals surface area contributed by atoms with Gasteiger partial charge in [-0.05, 0) is 43.0 Å². The van der Waals surface area contributed by atoms with Crippen molar-refractivity contribution in [3.63, 3.8) is 0 Å². The zero-order chi connectivity index (χ0) is 53.9. The third-order valence-electron chi connectivity index (χ3n) is 11.2. The lowest BCUT2D eigenvalue weighted by Crippen LogP contribution is -2.72. The molecule has 73 heavy (non-hydrogen) atoms. The molecule has 1 aliphatic carbocycles. The van der Waals surface area contributed by atoms with Crippen LogP contribution < -0.4 is 21.3 Å². The molecule has 3 aliphatic rings. The normalized spacial score (nSPS) is 24.6. The smallest absolute Gasteiger partial charge is 0.407 e. The number of ether oxygens (including phenoxy) is 10. The van der Waals surface area contributed by atoms with Gasteiger partial charge in [-0.15, -0.1) is 0 Å². The molecular weight excluding hydrogens is 965 g/mol. The Labute approximate surface area is 420 Å². The molecule has 2 aromatic rings. The van der Waals surface area contributed by atoms with Crippen LogP contribution in [0.5, 0.6) is 0 Å². The van der Waals surface area contributed by atoms with Gasteiger partial charge in [0.05, 0.1) is 6.42 Å². The average Bonchev–Trinajstić information content (AvgIpc) is 3.59. The topological polar surface area (TPSA) is 311 Å². The SMILES string of the molecule is CC(=O)N[C@@H]1[C@@H](OC(C)=O)[C@H](O[C@@H]2O[C@H](COC(C)=O)[C@@H](OC(C)=O)[C@H](OC(C)=O)[C@H]2NC(C)=O)[C@@H](COC(C)=O)O[C@H]1NC(=O)C[C@H](NC(=O)OCC1c2ccccc2-c2ccccc21)C(=O)OC(C)(C)C. The minimum Gasteiger partial charge on any atom is -0.463 e. The second-order valence-electron chi connectivity index (χ2n) is 18.3. The van der Waals surface area contributed by atoms with E-state index in [-0.39, 0.29) is 12.5 Å². The minimum atomic E-state index is -1.81. The average molecular weight is 1030 g/mol. The fraction of sp³-hybridized carbons (Fsp3) is 0.551. The van der Waals surface area contributed by atoms with E-state index in [9.17, 15) is 47.9 Å². The molecule has 0 bridgehead atoms. The van der Waals surface area contributed by atoms with Crippen LogP contribution in [-0.4, -0.2) is 152 Å². The van der Waals surface area contributed by atoms with Crippen molar-refractivity contribution in [1.82, 2.24) is 21.3 Å². The van der Waals surface area contributed by atoms with E-state index in [4.69, 9.17) is 47.4 Å². The summed E-state index contributed by atoms with van der Waals surface area (Å²) in [6.45, 7) is 10.7. The maximum Gasteiger partial charge on any atom is 0.407 e. The van der Waals surface area contributed by atoms with E-state index in [1.54, 1.807) is 20.8 Å². The number of fused-ring (bicyclic) bond motifs is 3. The van der Waals surface area contributed by atoms with E-state index in [1.165, 1.54) is 0 Å². The highest BCUT2D eigenvalue weighted by molar-refractivity contribution is 5.88. The van der Waals surface area contributed by atoms with Crippen LogP contribution in [0, 0.1) is 0 Å². The third-order valence-corrected chi connectivity index (χ3v) is 11.2. The molecule has 4 amide bonds. The molecule has 11 atom stereocenters. The highest BCUT2D eigenvalue weighted by atomic mass is 16.7. The molecule has 24 heteroatoms. The van der Waals surface area contributed by atoms with Gasteiger partial charge in [0.1, 0.15) is 61.9 Å². The Balaban J connectivity index is 1.46. The first kappa shape index (κ1) is 56.7. The Morgan fingerprint density at radius 2 is 1.04 bits per heavy atom. The standard InChI is InChI=1S/C49H62N4O20/c1-23(54)50-39-43(68-28(6)59)42(72-47-40(51-24(2)55)44(69-29(7)60)41(67-27(5)58)37(71-47)22-65-26(4)57)36(21-64-25(3)56)70-45(39)53-38(61)19-35(46(62)73-49(8,9)10)52-48(63)66-20-34-32-17-13-11-15-30(32)31-16-12-14-18-33(31)34/h11-18,34-37,39-45,47H,19-22H2,1-10H3,(H,50,54)(H,51,55)(H,52,63)(H,53,61)/t35-,36+,37+,39+,40+,41+,42+,43+,44+,45+,47-/m0/s1. The number of rotatable bonds is 18. The first-order valence-electron chi connectivity index (χ1n) is 23.2. The highest BCUT2D eigenvalue weighted by Gasteiger charge is 2.56. The van der Waals surface area contributed by atoms with E-state index in [0.717, 1.165) is 70.7 Å². The van der Waals surface area contributed by atoms with Gasteiger partial charge in [0.25, 0.3) is 0 Å². The molecule has 0 aromatic heterocycles. The lowest BCUT2D eigenvalue weighted by atomic mass is 9.93. The van der Waals surface area contributed by atoms with Crippen molar-refractivity contribution < 1.29 is 95.3 Å². The molecule has 5 rings (SSSR count). The van der Waals surface area contributed by atoms with Crippen LogP contribution in [-0.2, 0) is 90.5 Å². The van der Waals surface area contributed by atoms with Crippen molar-refractivity contribution in [1.29, 1.82) is 0 Å². The van der Waals surface area contributed by atoms with Crippen LogP contribution in [0.3, 0.4) is 0 Å². The summed E-state index contributed by atoms with van der Waals surface area (Å²) >= 11 is 0. The van der Waals surface area contributed by atoms with E-state index in [0.29, 0.717) is 0 Å². The Morgan fingerprint density at radius 1 is 0.562 bits per heavy atom. The van der Waals surface area contributed by atoms with Crippen LogP contribution in [0.15, 0.2) is 48.5 Å². The summed E-state index contributed by atoms with van der Waals surface area (Å²) < 4.78 is 57.5. The highest BCUT2D eigenvalue weighted by Crippen LogP contribution is 2.44. The zero-order valence-electron chi connectivity index (χ0n) is 42.0. The minimum absolute atomic E-state index is 0.132. The summed E-state index contributed by atoms with van der Waals surface area (Å²) in [5.41, 5.74) is 2.72. The molecule has 2 aliphatic heterocycles. The van der Waals surface area contributed by atoms with Crippen molar-refractivity contribution in [2.75, 3.05) is 19.8 Å². The Hall–Kier alpha value is -7.18. The summed E-state index contributed by atoms with van der Waals surface area (Å²) in [5, 5.41) is 10.1. The fourth-order valence-corrected chi connectivity index (χ4v) is 8.60. The number of carbonyl (C=O) groups is 10. The summed E-state index contributed by atoms with van der Waals surface area (Å²) in [6, 6.07) is 10.5. The molecule has 0 spiro atoms. The molecule has 2 aromatic carbocycles. The van der Waals surface area contributed by atoms with Gasteiger partial charge in [-0.2, -0.15) is 0 Å². The number of carbonyl (C=O) groups excluding carboxylic acids is 10. The third kappa shape index (κ3) is 15.9. The van der Waals surface area contributed by atoms with E-state index in [2.05, 4.69) is 21.3 Å². The first-order chi connectivity index (χ1) is 34.3. The molecule has 0 saturated carbocycles. The summed E-state index contributed by atoms with van der Waals surface area (Å²) in [5.74, 6) is -8.22. The number of nitrogens with one attached hydrogen (secondary N) is 4. The van der Waals surface area contributed by atoms with Crippen LogP contribution in [0.25, 0.3) is 11.1 Å². The number of amides is 4. The van der Waals surface area contributed by atoms with E-state index >= 15 is 0 Å². The second kappa shape index (κ2) is 25.0. The molecule has 2 fully saturated rings. The molecule has 24 nitrogen and oxygen atoms in total. The number of esters is 6. The molecular formula is C49H62N4O20. The van der Waals surface area contributed by atoms with Crippen LogP contribution in [0.1, 0.15) is 92.7 Å². The molecule has 2 heterocycles. The quantitative estimate of drug-likeness (QED) is 0.121. The molecule has 2 saturated heterocycles. The Kier molecular flexibility index (Phi) is 19.4. The summed E-state index contributed by atoms with van der Waals surface area (Å²) in [7, 11) is 0. The maximum atomic E-state index is 14.2. The molecule has 398 valence electrons. The van der Waals surface area contributed by atoms with Gasteiger partial charge in [-0.25, -0.2) is 9.59 Å². The maximum absolute atomic E-state index is 14.2. The molecule has 0 radical (unpaired) electrons. The van der Waals surface area contributed by atoms with Gasteiger partial charge < -0.3 is 68.6 Å². The molecule has 0 unspecified atom stereocenters. The van der Waals surface area contributed by atoms with Crippen molar-refractivity contribution in [2.45, 2.75) is 154 Å². The zero-order valence-corrected chi connectivity index (χ0v) is 42.0. The van der Waals surface area contributed by atoms with Gasteiger partial charge in [-0.3, -0.25) is 38.4 Å². The van der Waals surface area contributed by atoms with Crippen LogP contribution in [0.2, 0.25) is 0 Å². The lowest BCUT2D eigenvalue weighted by molar-refractivity contribution is -0.318. The Morgan fingerprint density at radius 3 is 1.53 bits per heavy atom. The predicted octanol–water partition coefficient (Wildman–Crippen LogP) is 1.51. The van der Waals surface area contributed by atoms with Gasteiger partial charge >= 0.3 is 41.9 Å². The predicted molar refractivity (Wildman–Crippen MR) is 248 cm³/mol. The monoisotopic (exact) mass is 1030 g/mol. The van der Waals surface area contributed by atoms with Crippen LogP contribution >= 0.6 is 0 Å². The summed E-state index contributed by atoms with van der Waals surface area (Å²) in [6.07, 6.45) is -15.0. The number of alkyl carbamates (subject to hydrolysis) is 1. The van der Waals surface area contributed by atoms with Crippen molar-refractivity contribution in [3.05, 3.63) is 59.7 Å². The van der Waals surface area contributed by atoms with Crippen molar-refractivity contribution in [2.24, 2.45) is 0 Å². The number of benzene rings is 2. The van der Waals surface area contributed by atoms with Gasteiger partial charge in [0.15, 0.2) is 30.8 Å². The molecule has 4 N–H and O–H groups in total. The lowest BCUT2D eigenvalue weighted by Gasteiger charge is -2.49. The van der Waals surface area contributed by atoms with E-state index in [1.807, 2.05) is 48.5 Å². The van der Waals surface area contributed by atoms with Crippen molar-refractivity contribution in [3.8, 4) is 11.1 Å². The van der Waals surface area contributed by atoms with Gasteiger partial charge in [0, 0.05) is 54.4 Å².